The van der Waals surface area contributed by atoms with Crippen molar-refractivity contribution in [2.75, 3.05) is 44.2 Å². The summed E-state index contributed by atoms with van der Waals surface area (Å²) in [7, 11) is 0. The summed E-state index contributed by atoms with van der Waals surface area (Å²) in [6.07, 6.45) is 4.07. The van der Waals surface area contributed by atoms with E-state index in [9.17, 15) is 0 Å². The molecule has 2 aliphatic heterocycles. The molecule has 1 spiro atoms. The van der Waals surface area contributed by atoms with Gasteiger partial charge in [0.05, 0.1) is 19.7 Å². The zero-order valence-corrected chi connectivity index (χ0v) is 14.6. The fourth-order valence-corrected chi connectivity index (χ4v) is 3.86. The molecule has 2 aromatic rings. The summed E-state index contributed by atoms with van der Waals surface area (Å²) in [6.45, 7) is 10.7. The van der Waals surface area contributed by atoms with Crippen LogP contribution in [-0.2, 0) is 4.74 Å². The molecule has 0 N–H and O–H groups in total. The maximum absolute atomic E-state index is 6.30. The number of fused-ring (bicyclic) bond motifs is 1. The zero-order valence-electron chi connectivity index (χ0n) is 14.6. The van der Waals surface area contributed by atoms with Crippen molar-refractivity contribution >= 4 is 11.5 Å². The Morgan fingerprint density at radius 1 is 1.29 bits per heavy atom. The van der Waals surface area contributed by atoms with E-state index in [1.807, 2.05) is 12.1 Å². The lowest BCUT2D eigenvalue weighted by Crippen LogP contribution is -2.65. The molecule has 1 atom stereocenters. The fraction of sp³-hybridized carbons (Fsp3) is 0.706. The first kappa shape index (κ1) is 15.8. The molecule has 0 aromatic carbocycles. The smallest absolute Gasteiger partial charge is 0.177 e. The monoisotopic (exact) mass is 330 g/mol. The Morgan fingerprint density at radius 2 is 2.12 bits per heavy atom. The molecule has 0 saturated carbocycles. The van der Waals surface area contributed by atoms with Gasteiger partial charge in [-0.3, -0.25) is 0 Å². The van der Waals surface area contributed by atoms with Gasteiger partial charge in [0.2, 0.25) is 0 Å². The lowest BCUT2D eigenvalue weighted by atomic mass is 9.83. The normalized spacial score (nSPS) is 23.1. The van der Waals surface area contributed by atoms with Gasteiger partial charge in [0.25, 0.3) is 0 Å². The Hall–Kier alpha value is -1.73. The van der Waals surface area contributed by atoms with E-state index in [2.05, 4.69) is 38.9 Å². The van der Waals surface area contributed by atoms with Gasteiger partial charge in [-0.05, 0) is 44.0 Å². The fourth-order valence-electron chi connectivity index (χ4n) is 3.86. The molecule has 0 aliphatic carbocycles. The predicted molar refractivity (Wildman–Crippen MR) is 92.2 cm³/mol. The highest BCUT2D eigenvalue weighted by Crippen LogP contribution is 2.38. The van der Waals surface area contributed by atoms with Crippen LogP contribution >= 0.6 is 0 Å². The van der Waals surface area contributed by atoms with E-state index in [1.54, 1.807) is 10.8 Å². The second kappa shape index (κ2) is 6.29. The van der Waals surface area contributed by atoms with E-state index in [-0.39, 0.29) is 5.60 Å². The Bertz CT molecular complexity index is 681. The average Bonchev–Trinajstić information content (AvgIpc) is 3.06. The third kappa shape index (κ3) is 2.86. The van der Waals surface area contributed by atoms with Gasteiger partial charge in [-0.15, -0.1) is 15.3 Å². The molecule has 4 rings (SSSR count). The summed E-state index contributed by atoms with van der Waals surface area (Å²) >= 11 is 0. The Kier molecular flexibility index (Phi) is 4.14. The molecule has 4 heterocycles. The molecule has 2 aromatic heterocycles. The molecular weight excluding hydrogens is 304 g/mol. The van der Waals surface area contributed by atoms with Crippen LogP contribution in [0.25, 0.3) is 5.65 Å². The van der Waals surface area contributed by atoms with Crippen molar-refractivity contribution in [2.24, 2.45) is 5.92 Å². The molecule has 2 fully saturated rings. The second-order valence-corrected chi connectivity index (χ2v) is 7.07. The van der Waals surface area contributed by atoms with Gasteiger partial charge >= 0.3 is 0 Å². The minimum Gasteiger partial charge on any atom is -0.371 e. The van der Waals surface area contributed by atoms with Crippen LogP contribution in [0, 0.1) is 5.92 Å². The Balaban J connectivity index is 1.32. The van der Waals surface area contributed by atoms with Crippen LogP contribution in [-0.4, -0.2) is 69.6 Å². The van der Waals surface area contributed by atoms with Gasteiger partial charge in [0, 0.05) is 6.54 Å². The summed E-state index contributed by atoms with van der Waals surface area (Å²) in [6, 6.07) is 3.98. The number of anilines is 1. The van der Waals surface area contributed by atoms with Gasteiger partial charge in [-0.2, -0.15) is 4.52 Å². The van der Waals surface area contributed by atoms with E-state index in [4.69, 9.17) is 4.74 Å². The second-order valence-electron chi connectivity index (χ2n) is 7.07. The standard InChI is InChI=1S/C17H26N6O/c1-3-21(4-2)9-14-7-8-17(24-10-14)11-22(12-17)16-6-5-15-19-18-13-23(15)20-16/h5-6,13-14H,3-4,7-12H2,1-2H3. The number of hydrogen-bond acceptors (Lipinski definition) is 6. The third-order valence-corrected chi connectivity index (χ3v) is 5.47. The first-order valence-electron chi connectivity index (χ1n) is 9.00. The summed E-state index contributed by atoms with van der Waals surface area (Å²) < 4.78 is 8.02. The average molecular weight is 330 g/mol. The van der Waals surface area contributed by atoms with Crippen molar-refractivity contribution in [3.8, 4) is 0 Å². The first-order chi connectivity index (χ1) is 11.7. The maximum atomic E-state index is 6.30. The molecule has 0 radical (unpaired) electrons. The lowest BCUT2D eigenvalue weighted by Gasteiger charge is -2.53. The van der Waals surface area contributed by atoms with Crippen molar-refractivity contribution in [2.45, 2.75) is 32.3 Å². The summed E-state index contributed by atoms with van der Waals surface area (Å²) in [5.74, 6) is 1.65. The summed E-state index contributed by atoms with van der Waals surface area (Å²) in [5, 5.41) is 12.4. The van der Waals surface area contributed by atoms with Gasteiger partial charge in [-0.1, -0.05) is 13.8 Å². The van der Waals surface area contributed by atoms with Gasteiger partial charge in [-0.25, -0.2) is 0 Å². The van der Waals surface area contributed by atoms with E-state index in [0.29, 0.717) is 5.92 Å². The largest absolute Gasteiger partial charge is 0.371 e. The van der Waals surface area contributed by atoms with E-state index in [1.165, 1.54) is 13.0 Å². The number of hydrogen-bond donors (Lipinski definition) is 0. The number of nitrogens with zero attached hydrogens (tertiary/aromatic N) is 6. The number of aromatic nitrogens is 4. The van der Waals surface area contributed by atoms with Crippen LogP contribution in [0.4, 0.5) is 5.82 Å². The molecule has 2 saturated heterocycles. The van der Waals surface area contributed by atoms with Gasteiger partial charge < -0.3 is 14.5 Å². The topological polar surface area (TPSA) is 58.8 Å². The molecule has 1 unspecified atom stereocenters. The van der Waals surface area contributed by atoms with E-state index in [0.717, 1.165) is 50.7 Å². The van der Waals surface area contributed by atoms with Crippen molar-refractivity contribution < 1.29 is 4.74 Å². The van der Waals surface area contributed by atoms with Crippen LogP contribution in [0.1, 0.15) is 26.7 Å². The lowest BCUT2D eigenvalue weighted by molar-refractivity contribution is -0.119. The zero-order chi connectivity index (χ0) is 16.6. The number of rotatable bonds is 5. The van der Waals surface area contributed by atoms with Gasteiger partial charge in [0.1, 0.15) is 17.7 Å². The van der Waals surface area contributed by atoms with Crippen LogP contribution in [0.3, 0.4) is 0 Å². The van der Waals surface area contributed by atoms with Crippen molar-refractivity contribution in [3.05, 3.63) is 18.5 Å². The SMILES string of the molecule is CCN(CC)CC1CCC2(CN(c3ccc4nncn4n3)C2)OC1. The number of ether oxygens (including phenoxy) is 1. The molecule has 0 amide bonds. The minimum atomic E-state index is 0.0452. The third-order valence-electron chi connectivity index (χ3n) is 5.47. The first-order valence-corrected chi connectivity index (χ1v) is 9.00. The predicted octanol–water partition coefficient (Wildman–Crippen LogP) is 1.45. The van der Waals surface area contributed by atoms with E-state index >= 15 is 0 Å². The minimum absolute atomic E-state index is 0.0452. The van der Waals surface area contributed by atoms with Crippen LogP contribution in [0.5, 0.6) is 0 Å². The summed E-state index contributed by atoms with van der Waals surface area (Å²) in [4.78, 5) is 4.78. The molecule has 7 nitrogen and oxygen atoms in total. The van der Waals surface area contributed by atoms with E-state index < -0.39 is 0 Å². The van der Waals surface area contributed by atoms with Crippen molar-refractivity contribution in [1.29, 1.82) is 0 Å². The van der Waals surface area contributed by atoms with Crippen LogP contribution in [0.2, 0.25) is 0 Å². The molecule has 0 bridgehead atoms. The van der Waals surface area contributed by atoms with Crippen molar-refractivity contribution in [1.82, 2.24) is 24.7 Å². The van der Waals surface area contributed by atoms with Gasteiger partial charge in [0.15, 0.2) is 5.65 Å². The Morgan fingerprint density at radius 3 is 2.83 bits per heavy atom. The molecule has 7 heteroatoms. The molecule has 24 heavy (non-hydrogen) atoms. The maximum Gasteiger partial charge on any atom is 0.177 e. The highest BCUT2D eigenvalue weighted by molar-refractivity contribution is 5.48. The molecule has 2 aliphatic rings. The quantitative estimate of drug-likeness (QED) is 0.827. The summed E-state index contributed by atoms with van der Waals surface area (Å²) in [5.41, 5.74) is 0.825. The van der Waals surface area contributed by atoms with Crippen LogP contribution in [0.15, 0.2) is 18.5 Å². The Labute approximate surface area is 142 Å². The molecule has 130 valence electrons. The highest BCUT2D eigenvalue weighted by atomic mass is 16.5. The van der Waals surface area contributed by atoms with Crippen LogP contribution < -0.4 is 4.90 Å². The highest BCUT2D eigenvalue weighted by Gasteiger charge is 2.47. The molecular formula is C17H26N6O. The van der Waals surface area contributed by atoms with Crippen molar-refractivity contribution in [3.63, 3.8) is 0 Å².